The summed E-state index contributed by atoms with van der Waals surface area (Å²) >= 11 is 4.83. The molecule has 0 aliphatic rings. The van der Waals surface area contributed by atoms with Crippen molar-refractivity contribution in [3.05, 3.63) is 71.8 Å². The van der Waals surface area contributed by atoms with Gasteiger partial charge in [-0.25, -0.2) is 0 Å². The lowest BCUT2D eigenvalue weighted by Gasteiger charge is -2.01. The van der Waals surface area contributed by atoms with Crippen LogP contribution in [0.15, 0.2) is 60.7 Å². The van der Waals surface area contributed by atoms with Gasteiger partial charge in [-0.1, -0.05) is 72.3 Å². The molecule has 1 atom stereocenters. The van der Waals surface area contributed by atoms with E-state index in [0.29, 0.717) is 0 Å². The summed E-state index contributed by atoms with van der Waals surface area (Å²) in [5.74, 6) is 0. The zero-order chi connectivity index (χ0) is 14.6. The van der Waals surface area contributed by atoms with E-state index in [1.807, 2.05) is 0 Å². The molecule has 0 aromatic heterocycles. The summed E-state index contributed by atoms with van der Waals surface area (Å²) in [5.41, 5.74) is 2.83. The molecule has 2 aromatic carbocycles. The average molecular weight is 312 g/mol. The third-order valence-corrected chi connectivity index (χ3v) is 3.16. The van der Waals surface area contributed by atoms with E-state index < -0.39 is 8.25 Å². The summed E-state index contributed by atoms with van der Waals surface area (Å²) in [6.07, 6.45) is 2.26. The lowest BCUT2D eigenvalue weighted by molar-refractivity contribution is 0.328. The van der Waals surface area contributed by atoms with Crippen molar-refractivity contribution in [2.45, 2.75) is 12.8 Å². The molecule has 0 saturated carbocycles. The van der Waals surface area contributed by atoms with E-state index in [1.54, 1.807) is 0 Å². The number of halogens is 1. The number of alkyl halides is 1. The maximum atomic E-state index is 9.44. The normalized spacial score (nSPS) is 10.4. The molecule has 0 amide bonds. The van der Waals surface area contributed by atoms with Crippen LogP contribution in [0.5, 0.6) is 0 Å². The predicted molar refractivity (Wildman–Crippen MR) is 81.9 cm³/mol. The fraction of sp³-hybridized carbons (Fsp3) is 0.200. The molecule has 5 heteroatoms. The van der Waals surface area contributed by atoms with Gasteiger partial charge in [0.2, 0.25) is 0 Å². The van der Waals surface area contributed by atoms with Gasteiger partial charge in [-0.2, -0.15) is 0 Å². The summed E-state index contributed by atoms with van der Waals surface area (Å²) in [7, 11) is -2.48. The molecule has 2 aromatic rings. The summed E-state index contributed by atoms with van der Waals surface area (Å²) in [5, 5.41) is 0. The van der Waals surface area contributed by atoms with Gasteiger partial charge in [0, 0.05) is 4.57 Å². The molecule has 0 spiro atoms. The maximum Gasteiger partial charge on any atom is 0.695 e. The van der Waals surface area contributed by atoms with Gasteiger partial charge in [-0.3, -0.25) is 0 Å². The summed E-state index contributed by atoms with van der Waals surface area (Å²) in [6.45, 7) is 0. The Hall–Kier alpha value is -1.25. The van der Waals surface area contributed by atoms with E-state index in [9.17, 15) is 4.57 Å². The molecule has 0 bridgehead atoms. The minimum Gasteiger partial charge on any atom is -0.133 e. The van der Waals surface area contributed by atoms with Gasteiger partial charge >= 0.3 is 8.25 Å². The standard InChI is InChI=1S/C14H14.CH2ClO3P/c1-3-7-13(8-4-1)11-12-14-9-5-2-6-10-14;2-1-5-6(3)4/h1-10H,11-12H2;1H2/p+1. The molecule has 106 valence electrons. The topological polar surface area (TPSA) is 46.5 Å². The third kappa shape index (κ3) is 8.03. The van der Waals surface area contributed by atoms with E-state index >= 15 is 0 Å². The smallest absolute Gasteiger partial charge is 0.133 e. The van der Waals surface area contributed by atoms with Crippen molar-refractivity contribution in [2.75, 3.05) is 6.07 Å². The second-order valence-electron chi connectivity index (χ2n) is 3.95. The van der Waals surface area contributed by atoms with Gasteiger partial charge in [0.25, 0.3) is 0 Å². The number of benzene rings is 2. The highest BCUT2D eigenvalue weighted by Gasteiger charge is 2.07. The molecule has 0 heterocycles. The number of hydrogen-bond donors (Lipinski definition) is 1. The highest BCUT2D eigenvalue weighted by molar-refractivity contribution is 7.32. The lowest BCUT2D eigenvalue weighted by Crippen LogP contribution is -1.89. The van der Waals surface area contributed by atoms with E-state index in [1.165, 1.54) is 11.1 Å². The fourth-order valence-corrected chi connectivity index (χ4v) is 1.95. The van der Waals surface area contributed by atoms with Crippen molar-refractivity contribution >= 4 is 19.9 Å². The number of aryl methyl sites for hydroxylation is 2. The molecule has 1 unspecified atom stereocenters. The quantitative estimate of drug-likeness (QED) is 0.660. The first-order valence-corrected chi connectivity index (χ1v) is 7.81. The van der Waals surface area contributed by atoms with Gasteiger partial charge in [-0.05, 0) is 24.0 Å². The van der Waals surface area contributed by atoms with Crippen molar-refractivity contribution in [1.82, 2.24) is 0 Å². The van der Waals surface area contributed by atoms with Crippen LogP contribution in [-0.4, -0.2) is 11.0 Å². The van der Waals surface area contributed by atoms with E-state index in [2.05, 4.69) is 65.2 Å². The molecule has 20 heavy (non-hydrogen) atoms. The second kappa shape index (κ2) is 10.5. The minimum absolute atomic E-state index is 0.230. The Kier molecular flexibility index (Phi) is 8.84. The summed E-state index contributed by atoms with van der Waals surface area (Å²) < 4.78 is 13.3. The van der Waals surface area contributed by atoms with Crippen LogP contribution >= 0.6 is 19.9 Å². The molecular formula is C15H17ClO3P+. The predicted octanol–water partition coefficient (Wildman–Crippen LogP) is 4.32. The monoisotopic (exact) mass is 311 g/mol. The number of hydrogen-bond acceptors (Lipinski definition) is 2. The molecule has 1 N–H and O–H groups in total. The van der Waals surface area contributed by atoms with Gasteiger partial charge < -0.3 is 0 Å². The first kappa shape index (κ1) is 16.8. The van der Waals surface area contributed by atoms with E-state index in [4.69, 9.17) is 16.5 Å². The Labute approximate surface area is 125 Å². The van der Waals surface area contributed by atoms with Gasteiger partial charge in [0.05, 0.1) is 0 Å². The molecule has 0 radical (unpaired) electrons. The largest absolute Gasteiger partial charge is 0.695 e. The lowest BCUT2D eigenvalue weighted by atomic mass is 10.0. The van der Waals surface area contributed by atoms with Crippen molar-refractivity contribution < 1.29 is 14.0 Å². The zero-order valence-electron chi connectivity index (χ0n) is 11.0. The van der Waals surface area contributed by atoms with Crippen LogP contribution in [0.25, 0.3) is 0 Å². The molecule has 3 nitrogen and oxygen atoms in total. The Morgan fingerprint density at radius 3 is 1.55 bits per heavy atom. The molecule has 0 aliphatic heterocycles. The van der Waals surface area contributed by atoms with Crippen LogP contribution in [0.1, 0.15) is 11.1 Å². The van der Waals surface area contributed by atoms with Crippen LogP contribution in [0.2, 0.25) is 0 Å². The van der Waals surface area contributed by atoms with Crippen molar-refractivity contribution in [2.24, 2.45) is 0 Å². The summed E-state index contributed by atoms with van der Waals surface area (Å²) in [4.78, 5) is 7.75. The fourth-order valence-electron chi connectivity index (χ4n) is 1.62. The highest BCUT2D eigenvalue weighted by atomic mass is 35.5. The Morgan fingerprint density at radius 2 is 1.30 bits per heavy atom. The first-order valence-electron chi connectivity index (χ1n) is 6.15. The van der Waals surface area contributed by atoms with Crippen molar-refractivity contribution in [1.29, 1.82) is 0 Å². The van der Waals surface area contributed by atoms with Crippen LogP contribution in [-0.2, 0) is 21.9 Å². The van der Waals surface area contributed by atoms with Gasteiger partial charge in [-0.15, -0.1) is 9.42 Å². The minimum atomic E-state index is -2.48. The SMILES string of the molecule is O=[P+](O)OCCl.c1ccc(CCc2ccccc2)cc1. The van der Waals surface area contributed by atoms with Crippen LogP contribution in [0.4, 0.5) is 0 Å². The van der Waals surface area contributed by atoms with Crippen LogP contribution < -0.4 is 0 Å². The molecule has 2 rings (SSSR count). The third-order valence-electron chi connectivity index (χ3n) is 2.55. The Bertz CT molecular complexity index is 451. The van der Waals surface area contributed by atoms with Crippen molar-refractivity contribution in [3.8, 4) is 0 Å². The van der Waals surface area contributed by atoms with E-state index in [0.717, 1.165) is 12.8 Å². The van der Waals surface area contributed by atoms with Crippen molar-refractivity contribution in [3.63, 3.8) is 0 Å². The highest BCUT2D eigenvalue weighted by Crippen LogP contribution is 2.13. The first-order chi connectivity index (χ1) is 9.72. The van der Waals surface area contributed by atoms with Crippen LogP contribution in [0, 0.1) is 0 Å². The molecular weight excluding hydrogens is 295 g/mol. The van der Waals surface area contributed by atoms with E-state index in [-0.39, 0.29) is 6.07 Å². The maximum absolute atomic E-state index is 9.44. The van der Waals surface area contributed by atoms with Gasteiger partial charge in [0.15, 0.2) is 6.07 Å². The summed E-state index contributed by atoms with van der Waals surface area (Å²) in [6, 6.07) is 21.0. The Balaban J connectivity index is 0.000000286. The van der Waals surface area contributed by atoms with Gasteiger partial charge in [0.1, 0.15) is 0 Å². The average Bonchev–Trinajstić information content (AvgIpc) is 2.48. The molecule has 0 saturated heterocycles. The Morgan fingerprint density at radius 1 is 0.900 bits per heavy atom. The number of rotatable bonds is 5. The van der Waals surface area contributed by atoms with Crippen LogP contribution in [0.3, 0.4) is 0 Å². The molecule has 0 aliphatic carbocycles. The second-order valence-corrected chi connectivity index (χ2v) is 4.90. The molecule has 0 fully saturated rings. The zero-order valence-corrected chi connectivity index (χ0v) is 12.6.